The van der Waals surface area contributed by atoms with Crippen molar-refractivity contribution in [1.82, 2.24) is 35.3 Å². The molecular weight excluding hydrogens is 334 g/mol. The molecule has 2 heterocycles. The Hall–Kier alpha value is -2.81. The highest BCUT2D eigenvalue weighted by molar-refractivity contribution is 5.94. The van der Waals surface area contributed by atoms with Gasteiger partial charge < -0.3 is 10.2 Å². The van der Waals surface area contributed by atoms with Crippen molar-refractivity contribution in [2.75, 3.05) is 39.3 Å². The van der Waals surface area contributed by atoms with Gasteiger partial charge in [0.15, 0.2) is 0 Å². The molecule has 138 valence electrons. The van der Waals surface area contributed by atoms with E-state index in [1.54, 1.807) is 12.1 Å². The summed E-state index contributed by atoms with van der Waals surface area (Å²) in [7, 11) is 0. The van der Waals surface area contributed by atoms with Crippen LogP contribution in [0.4, 0.5) is 0 Å². The van der Waals surface area contributed by atoms with E-state index < -0.39 is 0 Å². The van der Waals surface area contributed by atoms with E-state index in [1.165, 1.54) is 11.0 Å². The summed E-state index contributed by atoms with van der Waals surface area (Å²) in [6, 6.07) is 7.24. The summed E-state index contributed by atoms with van der Waals surface area (Å²) < 4.78 is 1.52. The molecule has 3 rings (SSSR count). The molecule has 1 aliphatic heterocycles. The second kappa shape index (κ2) is 8.52. The van der Waals surface area contributed by atoms with E-state index in [2.05, 4.69) is 25.7 Å². The van der Waals surface area contributed by atoms with E-state index in [-0.39, 0.29) is 11.8 Å². The van der Waals surface area contributed by atoms with Crippen LogP contribution in [0.2, 0.25) is 0 Å². The number of amides is 2. The molecule has 0 aliphatic carbocycles. The molecule has 0 radical (unpaired) electrons. The Labute approximate surface area is 152 Å². The lowest BCUT2D eigenvalue weighted by atomic mass is 10.1. The molecule has 26 heavy (non-hydrogen) atoms. The Balaban J connectivity index is 1.55. The van der Waals surface area contributed by atoms with Gasteiger partial charge in [-0.2, -0.15) is 0 Å². The molecule has 0 saturated carbocycles. The maximum Gasteiger partial charge on any atom is 0.254 e. The van der Waals surface area contributed by atoms with Crippen LogP contribution in [0.25, 0.3) is 5.69 Å². The van der Waals surface area contributed by atoms with Gasteiger partial charge in [-0.25, -0.2) is 4.68 Å². The van der Waals surface area contributed by atoms with Gasteiger partial charge in [0.2, 0.25) is 5.91 Å². The van der Waals surface area contributed by atoms with Gasteiger partial charge in [-0.1, -0.05) is 13.0 Å². The summed E-state index contributed by atoms with van der Waals surface area (Å²) in [5.74, 6) is 0.0239. The molecule has 2 aromatic rings. The minimum absolute atomic E-state index is 0.0185. The third kappa shape index (κ3) is 4.42. The van der Waals surface area contributed by atoms with Crippen molar-refractivity contribution in [2.45, 2.75) is 13.3 Å². The monoisotopic (exact) mass is 357 g/mol. The Bertz CT molecular complexity index is 739. The highest BCUT2D eigenvalue weighted by Crippen LogP contribution is 2.13. The summed E-state index contributed by atoms with van der Waals surface area (Å²) in [6.07, 6.45) is 2.42. The van der Waals surface area contributed by atoms with Gasteiger partial charge in [0.25, 0.3) is 5.91 Å². The quantitative estimate of drug-likeness (QED) is 0.778. The molecule has 1 saturated heterocycles. The number of tetrazole rings is 1. The largest absolute Gasteiger partial charge is 0.355 e. The third-order valence-electron chi connectivity index (χ3n) is 4.31. The SMILES string of the molecule is CCCNC(=O)CN1CCN(C(=O)c2cccc(-n3cnnn3)c2)CC1. The number of carbonyl (C=O) groups excluding carboxylic acids is 2. The number of nitrogens with one attached hydrogen (secondary N) is 1. The minimum atomic E-state index is -0.0185. The molecule has 0 unspecified atom stereocenters. The topological polar surface area (TPSA) is 96.2 Å². The van der Waals surface area contributed by atoms with Crippen LogP contribution in [-0.4, -0.2) is 81.1 Å². The van der Waals surface area contributed by atoms with Gasteiger partial charge in [0.05, 0.1) is 12.2 Å². The first kappa shape index (κ1) is 18.0. The standard InChI is InChI=1S/C17H23N7O2/c1-2-6-18-16(25)12-22-7-9-23(10-8-22)17(26)14-4-3-5-15(11-14)24-13-19-20-21-24/h3-5,11,13H,2,6-10,12H2,1H3,(H,18,25). The van der Waals surface area contributed by atoms with Crippen molar-refractivity contribution in [1.29, 1.82) is 0 Å². The maximum absolute atomic E-state index is 12.8. The molecule has 0 bridgehead atoms. The fourth-order valence-electron chi connectivity index (χ4n) is 2.88. The summed E-state index contributed by atoms with van der Waals surface area (Å²) in [5.41, 5.74) is 1.35. The first-order valence-corrected chi connectivity index (χ1v) is 8.79. The van der Waals surface area contributed by atoms with E-state index >= 15 is 0 Å². The van der Waals surface area contributed by atoms with Crippen LogP contribution in [0.3, 0.4) is 0 Å². The van der Waals surface area contributed by atoms with Crippen molar-refractivity contribution < 1.29 is 9.59 Å². The van der Waals surface area contributed by atoms with Crippen LogP contribution in [-0.2, 0) is 4.79 Å². The lowest BCUT2D eigenvalue weighted by Crippen LogP contribution is -2.51. The molecule has 0 atom stereocenters. The van der Waals surface area contributed by atoms with Crippen LogP contribution >= 0.6 is 0 Å². The zero-order chi connectivity index (χ0) is 18.4. The number of aromatic nitrogens is 4. The maximum atomic E-state index is 12.8. The number of piperazine rings is 1. The molecular formula is C17H23N7O2. The molecule has 1 N–H and O–H groups in total. The summed E-state index contributed by atoms with van der Waals surface area (Å²) in [6.45, 7) is 5.71. The zero-order valence-corrected chi connectivity index (χ0v) is 14.8. The number of hydrogen-bond donors (Lipinski definition) is 1. The molecule has 9 heteroatoms. The van der Waals surface area contributed by atoms with Crippen LogP contribution in [0.5, 0.6) is 0 Å². The van der Waals surface area contributed by atoms with Gasteiger partial charge in [-0.15, -0.1) is 5.10 Å². The Morgan fingerprint density at radius 2 is 2.00 bits per heavy atom. The first-order valence-electron chi connectivity index (χ1n) is 8.79. The Kier molecular flexibility index (Phi) is 5.90. The number of hydrogen-bond acceptors (Lipinski definition) is 6. The van der Waals surface area contributed by atoms with Gasteiger partial charge in [0, 0.05) is 38.3 Å². The van der Waals surface area contributed by atoms with E-state index in [0.717, 1.165) is 12.1 Å². The highest BCUT2D eigenvalue weighted by Gasteiger charge is 2.23. The predicted molar refractivity (Wildman–Crippen MR) is 94.8 cm³/mol. The second-order valence-corrected chi connectivity index (χ2v) is 6.22. The van der Waals surface area contributed by atoms with Crippen molar-refractivity contribution >= 4 is 11.8 Å². The van der Waals surface area contributed by atoms with Gasteiger partial charge >= 0.3 is 0 Å². The predicted octanol–water partition coefficient (Wildman–Crippen LogP) is -0.0537. The molecule has 1 fully saturated rings. The molecule has 1 aromatic heterocycles. The van der Waals surface area contributed by atoms with Crippen molar-refractivity contribution in [3.8, 4) is 5.69 Å². The first-order chi connectivity index (χ1) is 12.7. The van der Waals surface area contributed by atoms with Crippen molar-refractivity contribution in [3.63, 3.8) is 0 Å². The zero-order valence-electron chi connectivity index (χ0n) is 14.8. The lowest BCUT2D eigenvalue weighted by molar-refractivity contribution is -0.122. The average molecular weight is 357 g/mol. The average Bonchev–Trinajstić information content (AvgIpc) is 3.21. The summed E-state index contributed by atoms with van der Waals surface area (Å²) >= 11 is 0. The summed E-state index contributed by atoms with van der Waals surface area (Å²) in [5, 5.41) is 13.9. The van der Waals surface area contributed by atoms with Crippen LogP contribution in [0.15, 0.2) is 30.6 Å². The van der Waals surface area contributed by atoms with Crippen LogP contribution < -0.4 is 5.32 Å². The van der Waals surface area contributed by atoms with Crippen molar-refractivity contribution in [2.24, 2.45) is 0 Å². The molecule has 1 aliphatic rings. The van der Waals surface area contributed by atoms with E-state index in [9.17, 15) is 9.59 Å². The minimum Gasteiger partial charge on any atom is -0.355 e. The second-order valence-electron chi connectivity index (χ2n) is 6.22. The van der Waals surface area contributed by atoms with Gasteiger partial charge in [0.1, 0.15) is 6.33 Å². The smallest absolute Gasteiger partial charge is 0.254 e. The van der Waals surface area contributed by atoms with E-state index in [1.807, 2.05) is 24.0 Å². The number of nitrogens with zero attached hydrogens (tertiary/aromatic N) is 6. The van der Waals surface area contributed by atoms with Crippen molar-refractivity contribution in [3.05, 3.63) is 36.2 Å². The molecule has 0 spiro atoms. The fourth-order valence-corrected chi connectivity index (χ4v) is 2.88. The van der Waals surface area contributed by atoms with E-state index in [4.69, 9.17) is 0 Å². The highest BCUT2D eigenvalue weighted by atomic mass is 16.2. The van der Waals surface area contributed by atoms with Gasteiger partial charge in [-0.3, -0.25) is 14.5 Å². The van der Waals surface area contributed by atoms with Crippen LogP contribution in [0, 0.1) is 0 Å². The Morgan fingerprint density at radius 3 is 2.69 bits per heavy atom. The molecule has 1 aromatic carbocycles. The molecule has 9 nitrogen and oxygen atoms in total. The number of benzene rings is 1. The third-order valence-corrected chi connectivity index (χ3v) is 4.31. The normalized spacial score (nSPS) is 15.0. The van der Waals surface area contributed by atoms with E-state index in [0.29, 0.717) is 44.8 Å². The molecule has 2 amide bonds. The van der Waals surface area contributed by atoms with Crippen LogP contribution in [0.1, 0.15) is 23.7 Å². The van der Waals surface area contributed by atoms with Gasteiger partial charge in [-0.05, 0) is 35.0 Å². The number of carbonyl (C=O) groups is 2. The number of rotatable bonds is 6. The Morgan fingerprint density at radius 1 is 1.19 bits per heavy atom. The lowest BCUT2D eigenvalue weighted by Gasteiger charge is -2.34. The summed E-state index contributed by atoms with van der Waals surface area (Å²) in [4.78, 5) is 28.5. The fraction of sp³-hybridized carbons (Fsp3) is 0.471.